The van der Waals surface area contributed by atoms with Crippen molar-refractivity contribution in [3.05, 3.63) is 40.8 Å². The molecule has 0 spiro atoms. The van der Waals surface area contributed by atoms with Gasteiger partial charge in [-0.25, -0.2) is 9.97 Å². The maximum absolute atomic E-state index is 5.96. The van der Waals surface area contributed by atoms with Gasteiger partial charge in [-0.15, -0.1) is 0 Å². The summed E-state index contributed by atoms with van der Waals surface area (Å²) in [5.74, 6) is 1.54. The van der Waals surface area contributed by atoms with Crippen LogP contribution in [0, 0.1) is 5.92 Å². The fraction of sp³-hybridized carbons (Fsp3) is 0.412. The van der Waals surface area contributed by atoms with E-state index in [4.69, 9.17) is 27.9 Å². The Morgan fingerprint density at radius 2 is 1.86 bits per heavy atom. The second-order valence-corrected chi connectivity index (χ2v) is 6.41. The Bertz CT molecular complexity index is 622. The average molecular weight is 337 g/mol. The lowest BCUT2D eigenvalue weighted by atomic mass is 9.90. The van der Waals surface area contributed by atoms with Gasteiger partial charge in [-0.2, -0.15) is 0 Å². The highest BCUT2D eigenvalue weighted by Crippen LogP contribution is 2.27. The van der Waals surface area contributed by atoms with Crippen LogP contribution in [0.1, 0.15) is 32.1 Å². The molecule has 0 saturated heterocycles. The molecule has 3 rings (SSSR count). The number of ether oxygens (including phenoxy) is 1. The second-order valence-electron chi connectivity index (χ2n) is 5.69. The first kappa shape index (κ1) is 15.6. The quantitative estimate of drug-likeness (QED) is 0.553. The molecule has 116 valence electrons. The minimum Gasteiger partial charge on any atom is -0.493 e. The summed E-state index contributed by atoms with van der Waals surface area (Å²) in [4.78, 5) is 8.08. The van der Waals surface area contributed by atoms with Crippen LogP contribution in [0.15, 0.2) is 30.3 Å². The number of rotatable bonds is 4. The predicted molar refractivity (Wildman–Crippen MR) is 89.6 cm³/mol. The van der Waals surface area contributed by atoms with Crippen molar-refractivity contribution in [2.45, 2.75) is 32.1 Å². The molecule has 1 saturated carbocycles. The molecule has 1 aromatic heterocycles. The van der Waals surface area contributed by atoms with Gasteiger partial charge in [-0.05, 0) is 42.5 Å². The van der Waals surface area contributed by atoms with Gasteiger partial charge in [0.2, 0.25) is 5.28 Å². The Hall–Kier alpha value is -1.32. The highest BCUT2D eigenvalue weighted by atomic mass is 35.5. The predicted octanol–water partition coefficient (Wildman–Crippen LogP) is 5.41. The van der Waals surface area contributed by atoms with E-state index >= 15 is 0 Å². The number of benzene rings is 1. The van der Waals surface area contributed by atoms with Crippen LogP contribution in [-0.4, -0.2) is 16.6 Å². The molecule has 1 fully saturated rings. The Morgan fingerprint density at radius 3 is 2.64 bits per heavy atom. The zero-order valence-corrected chi connectivity index (χ0v) is 13.8. The molecule has 2 aromatic rings. The summed E-state index contributed by atoms with van der Waals surface area (Å²) in [5.41, 5.74) is 1.63. The monoisotopic (exact) mass is 336 g/mol. The zero-order chi connectivity index (χ0) is 15.4. The highest BCUT2D eigenvalue weighted by Gasteiger charge is 2.14. The first-order chi connectivity index (χ1) is 10.7. The molecule has 0 unspecified atom stereocenters. The molecule has 1 heterocycles. The Morgan fingerprint density at radius 1 is 1.05 bits per heavy atom. The third kappa shape index (κ3) is 4.11. The molecule has 22 heavy (non-hydrogen) atoms. The first-order valence-electron chi connectivity index (χ1n) is 7.64. The van der Waals surface area contributed by atoms with E-state index in [2.05, 4.69) is 9.97 Å². The zero-order valence-electron chi connectivity index (χ0n) is 12.3. The van der Waals surface area contributed by atoms with E-state index in [9.17, 15) is 0 Å². The van der Waals surface area contributed by atoms with E-state index in [1.807, 2.05) is 24.3 Å². The Kier molecular flexibility index (Phi) is 5.16. The van der Waals surface area contributed by atoms with Gasteiger partial charge in [0.25, 0.3) is 0 Å². The van der Waals surface area contributed by atoms with Gasteiger partial charge < -0.3 is 4.74 Å². The average Bonchev–Trinajstić information content (AvgIpc) is 2.53. The van der Waals surface area contributed by atoms with Crippen LogP contribution in [0.3, 0.4) is 0 Å². The lowest BCUT2D eigenvalue weighted by Crippen LogP contribution is -2.15. The van der Waals surface area contributed by atoms with Crippen molar-refractivity contribution in [2.24, 2.45) is 5.92 Å². The Labute approximate surface area is 140 Å². The first-order valence-corrected chi connectivity index (χ1v) is 8.39. The largest absolute Gasteiger partial charge is 0.493 e. The standard InChI is InChI=1S/C17H18Cl2N2O/c18-16-10-15(20-17(19)21-16)13-7-4-8-14(9-13)22-11-12-5-2-1-3-6-12/h4,7-10,12H,1-3,5-6,11H2. The van der Waals surface area contributed by atoms with Gasteiger partial charge in [-0.1, -0.05) is 43.0 Å². The fourth-order valence-corrected chi connectivity index (χ4v) is 3.26. The topological polar surface area (TPSA) is 35.0 Å². The number of hydrogen-bond acceptors (Lipinski definition) is 3. The van der Waals surface area contributed by atoms with Crippen LogP contribution >= 0.6 is 23.2 Å². The minimum atomic E-state index is 0.149. The van der Waals surface area contributed by atoms with Crippen LogP contribution in [0.2, 0.25) is 10.4 Å². The van der Waals surface area contributed by atoms with Crippen LogP contribution in [0.5, 0.6) is 5.75 Å². The summed E-state index contributed by atoms with van der Waals surface area (Å²) in [7, 11) is 0. The molecule has 0 atom stereocenters. The van der Waals surface area contributed by atoms with Gasteiger partial charge in [0.05, 0.1) is 12.3 Å². The molecule has 0 amide bonds. The third-order valence-electron chi connectivity index (χ3n) is 4.01. The van der Waals surface area contributed by atoms with Gasteiger partial charge in [0, 0.05) is 11.6 Å². The molecule has 0 bridgehead atoms. The molecule has 5 heteroatoms. The Balaban J connectivity index is 1.71. The normalized spacial score (nSPS) is 15.7. The molecule has 3 nitrogen and oxygen atoms in total. The smallest absolute Gasteiger partial charge is 0.224 e. The lowest BCUT2D eigenvalue weighted by molar-refractivity contribution is 0.209. The maximum Gasteiger partial charge on any atom is 0.224 e. The van der Waals surface area contributed by atoms with Crippen LogP contribution in [0.4, 0.5) is 0 Å². The highest BCUT2D eigenvalue weighted by molar-refractivity contribution is 6.32. The summed E-state index contributed by atoms with van der Waals surface area (Å²) < 4.78 is 5.96. The molecule has 1 aliphatic rings. The van der Waals surface area contributed by atoms with Crippen molar-refractivity contribution in [3.8, 4) is 17.0 Å². The minimum absolute atomic E-state index is 0.149. The lowest BCUT2D eigenvalue weighted by Gasteiger charge is -2.21. The third-order valence-corrected chi connectivity index (χ3v) is 4.37. The summed E-state index contributed by atoms with van der Waals surface area (Å²) in [6, 6.07) is 9.56. The van der Waals surface area contributed by atoms with E-state index in [1.165, 1.54) is 32.1 Å². The summed E-state index contributed by atoms with van der Waals surface area (Å²) in [6.45, 7) is 0.786. The summed E-state index contributed by atoms with van der Waals surface area (Å²) in [6.07, 6.45) is 6.56. The van der Waals surface area contributed by atoms with Crippen LogP contribution in [0.25, 0.3) is 11.3 Å². The fourth-order valence-electron chi connectivity index (χ4n) is 2.85. The van der Waals surface area contributed by atoms with E-state index < -0.39 is 0 Å². The van der Waals surface area contributed by atoms with E-state index in [0.29, 0.717) is 16.8 Å². The summed E-state index contributed by atoms with van der Waals surface area (Å²) in [5, 5.41) is 0.486. The van der Waals surface area contributed by atoms with E-state index in [-0.39, 0.29) is 5.28 Å². The van der Waals surface area contributed by atoms with Gasteiger partial charge in [-0.3, -0.25) is 0 Å². The maximum atomic E-state index is 5.96. The molecular weight excluding hydrogens is 319 g/mol. The molecular formula is C17H18Cl2N2O. The van der Waals surface area contributed by atoms with Crippen molar-refractivity contribution in [2.75, 3.05) is 6.61 Å². The van der Waals surface area contributed by atoms with Gasteiger partial charge >= 0.3 is 0 Å². The van der Waals surface area contributed by atoms with Crippen molar-refractivity contribution in [3.63, 3.8) is 0 Å². The van der Waals surface area contributed by atoms with Crippen LogP contribution < -0.4 is 4.74 Å². The van der Waals surface area contributed by atoms with Crippen LogP contribution in [-0.2, 0) is 0 Å². The number of halogens is 2. The van der Waals surface area contributed by atoms with Crippen molar-refractivity contribution >= 4 is 23.2 Å². The number of nitrogens with zero attached hydrogens (tertiary/aromatic N) is 2. The van der Waals surface area contributed by atoms with E-state index in [1.54, 1.807) is 6.07 Å². The molecule has 1 aromatic carbocycles. The molecule has 0 N–H and O–H groups in total. The van der Waals surface area contributed by atoms with E-state index in [0.717, 1.165) is 17.9 Å². The molecule has 0 aliphatic heterocycles. The van der Waals surface area contributed by atoms with Gasteiger partial charge in [0.15, 0.2) is 0 Å². The molecule has 1 aliphatic carbocycles. The summed E-state index contributed by atoms with van der Waals surface area (Å²) >= 11 is 11.8. The number of hydrogen-bond donors (Lipinski definition) is 0. The molecule has 0 radical (unpaired) electrons. The van der Waals surface area contributed by atoms with Gasteiger partial charge in [0.1, 0.15) is 10.9 Å². The second kappa shape index (κ2) is 7.30. The number of aromatic nitrogens is 2. The van der Waals surface area contributed by atoms with Crippen molar-refractivity contribution < 1.29 is 4.74 Å². The van der Waals surface area contributed by atoms with Crippen molar-refractivity contribution in [1.82, 2.24) is 9.97 Å². The van der Waals surface area contributed by atoms with Crippen molar-refractivity contribution in [1.29, 1.82) is 0 Å². The SMILES string of the molecule is Clc1cc(-c2cccc(OCC3CCCCC3)c2)nc(Cl)n1.